The van der Waals surface area contributed by atoms with Gasteiger partial charge in [-0.15, -0.1) is 0 Å². The zero-order chi connectivity index (χ0) is 12.5. The summed E-state index contributed by atoms with van der Waals surface area (Å²) in [5.41, 5.74) is 6.50. The molecule has 1 fully saturated rings. The number of hydrogen-bond acceptors (Lipinski definition) is 6. The van der Waals surface area contributed by atoms with E-state index >= 15 is 0 Å². The van der Waals surface area contributed by atoms with Crippen LogP contribution in [0, 0.1) is 0 Å². The third kappa shape index (κ3) is 1.81. The first-order valence-electron chi connectivity index (χ1n) is 5.99. The number of ether oxygens (including phenoxy) is 1. The fraction of sp³-hybridized carbons (Fsp3) is 0.545. The summed E-state index contributed by atoms with van der Waals surface area (Å²) in [4.78, 5) is 10.8. The summed E-state index contributed by atoms with van der Waals surface area (Å²) < 4.78 is 7.32. The van der Waals surface area contributed by atoms with E-state index in [1.54, 1.807) is 17.2 Å². The molecule has 7 nitrogen and oxygen atoms in total. The van der Waals surface area contributed by atoms with Gasteiger partial charge in [0.15, 0.2) is 5.65 Å². The molecule has 7 heteroatoms. The lowest BCUT2D eigenvalue weighted by Gasteiger charge is -2.33. The topological polar surface area (TPSA) is 82.1 Å². The number of nitrogens with two attached hydrogens (primary N) is 1. The van der Waals surface area contributed by atoms with Crippen molar-refractivity contribution >= 4 is 16.9 Å². The van der Waals surface area contributed by atoms with Gasteiger partial charge in [0.05, 0.1) is 24.3 Å². The Kier molecular flexibility index (Phi) is 2.85. The molecule has 3 heterocycles. The van der Waals surface area contributed by atoms with Crippen molar-refractivity contribution < 1.29 is 4.74 Å². The molecule has 0 amide bonds. The maximum atomic E-state index is 5.66. The van der Waals surface area contributed by atoms with E-state index in [1.165, 1.54) is 0 Å². The van der Waals surface area contributed by atoms with Crippen LogP contribution in [0.2, 0.25) is 0 Å². The molecule has 2 aromatic heterocycles. The highest BCUT2D eigenvalue weighted by molar-refractivity contribution is 5.86. The average molecular weight is 248 g/mol. The Morgan fingerprint density at radius 1 is 1.50 bits per heavy atom. The lowest BCUT2D eigenvalue weighted by Crippen LogP contribution is -2.46. The first-order chi connectivity index (χ1) is 8.79. The van der Waals surface area contributed by atoms with Gasteiger partial charge in [0, 0.05) is 26.7 Å². The molecule has 0 aliphatic carbocycles. The predicted molar refractivity (Wildman–Crippen MR) is 67.3 cm³/mol. The van der Waals surface area contributed by atoms with Crippen molar-refractivity contribution in [2.45, 2.75) is 6.10 Å². The van der Waals surface area contributed by atoms with Crippen LogP contribution in [0.4, 0.5) is 5.82 Å². The van der Waals surface area contributed by atoms with Gasteiger partial charge in [0.25, 0.3) is 0 Å². The first-order valence-corrected chi connectivity index (χ1v) is 5.99. The minimum absolute atomic E-state index is 0.0698. The summed E-state index contributed by atoms with van der Waals surface area (Å²) in [6, 6.07) is 0. The normalized spacial score (nSPS) is 20.6. The Bertz CT molecular complexity index is 553. The molecule has 3 rings (SSSR count). The second-order valence-corrected chi connectivity index (χ2v) is 4.38. The number of rotatable bonds is 2. The first kappa shape index (κ1) is 11.4. The highest BCUT2D eigenvalue weighted by Crippen LogP contribution is 2.23. The van der Waals surface area contributed by atoms with Gasteiger partial charge in [-0.2, -0.15) is 5.10 Å². The van der Waals surface area contributed by atoms with Crippen molar-refractivity contribution in [3.63, 3.8) is 0 Å². The molecule has 1 unspecified atom stereocenters. The summed E-state index contributed by atoms with van der Waals surface area (Å²) in [7, 11) is 1.88. The summed E-state index contributed by atoms with van der Waals surface area (Å²) >= 11 is 0. The van der Waals surface area contributed by atoms with Gasteiger partial charge < -0.3 is 15.4 Å². The summed E-state index contributed by atoms with van der Waals surface area (Å²) in [6.45, 7) is 2.78. The maximum Gasteiger partial charge on any atom is 0.163 e. The van der Waals surface area contributed by atoms with E-state index in [2.05, 4.69) is 20.0 Å². The van der Waals surface area contributed by atoms with Crippen LogP contribution in [-0.2, 0) is 11.8 Å². The van der Waals surface area contributed by atoms with Crippen molar-refractivity contribution in [2.75, 3.05) is 31.1 Å². The Morgan fingerprint density at radius 2 is 2.39 bits per heavy atom. The molecule has 1 atom stereocenters. The van der Waals surface area contributed by atoms with E-state index in [4.69, 9.17) is 10.5 Å². The lowest BCUT2D eigenvalue weighted by atomic mass is 10.2. The average Bonchev–Trinajstić information content (AvgIpc) is 2.81. The minimum Gasteiger partial charge on any atom is -0.373 e. The Labute approximate surface area is 105 Å². The Balaban J connectivity index is 1.98. The smallest absolute Gasteiger partial charge is 0.163 e. The lowest BCUT2D eigenvalue weighted by molar-refractivity contribution is 0.0464. The van der Waals surface area contributed by atoms with E-state index in [1.807, 2.05) is 7.05 Å². The standard InChI is InChI=1S/C11H16N6O/c1-16-10-9(5-15-16)11(14-7-13-10)17-2-3-18-8(4-12)6-17/h5,7-8H,2-4,6,12H2,1H3. The van der Waals surface area contributed by atoms with Crippen molar-refractivity contribution in [3.05, 3.63) is 12.5 Å². The van der Waals surface area contributed by atoms with Crippen LogP contribution >= 0.6 is 0 Å². The molecule has 0 bridgehead atoms. The molecule has 1 saturated heterocycles. The number of fused-ring (bicyclic) bond motifs is 1. The van der Waals surface area contributed by atoms with Crippen LogP contribution in [0.15, 0.2) is 12.5 Å². The molecular formula is C11H16N6O. The second kappa shape index (κ2) is 4.51. The molecule has 2 N–H and O–H groups in total. The van der Waals surface area contributed by atoms with Crippen LogP contribution in [0.5, 0.6) is 0 Å². The molecular weight excluding hydrogens is 232 g/mol. The number of morpholine rings is 1. The van der Waals surface area contributed by atoms with Crippen LogP contribution in [0.3, 0.4) is 0 Å². The van der Waals surface area contributed by atoms with E-state index in [0.29, 0.717) is 13.2 Å². The van der Waals surface area contributed by atoms with Crippen LogP contribution < -0.4 is 10.6 Å². The van der Waals surface area contributed by atoms with Gasteiger partial charge in [-0.1, -0.05) is 0 Å². The van der Waals surface area contributed by atoms with E-state index < -0.39 is 0 Å². The second-order valence-electron chi connectivity index (χ2n) is 4.38. The molecule has 0 spiro atoms. The van der Waals surface area contributed by atoms with Crippen molar-refractivity contribution in [2.24, 2.45) is 12.8 Å². The van der Waals surface area contributed by atoms with Crippen molar-refractivity contribution in [1.82, 2.24) is 19.7 Å². The molecule has 0 saturated carbocycles. The van der Waals surface area contributed by atoms with Gasteiger partial charge in [-0.25, -0.2) is 9.97 Å². The van der Waals surface area contributed by atoms with Gasteiger partial charge in [0.2, 0.25) is 0 Å². The maximum absolute atomic E-state index is 5.66. The number of aromatic nitrogens is 4. The fourth-order valence-electron chi connectivity index (χ4n) is 2.26. The third-order valence-corrected chi connectivity index (χ3v) is 3.21. The zero-order valence-corrected chi connectivity index (χ0v) is 10.3. The highest BCUT2D eigenvalue weighted by atomic mass is 16.5. The molecule has 0 radical (unpaired) electrons. The number of nitrogens with zero attached hydrogens (tertiary/aromatic N) is 5. The minimum atomic E-state index is 0.0698. The third-order valence-electron chi connectivity index (χ3n) is 3.21. The van der Waals surface area contributed by atoms with Gasteiger partial charge in [-0.3, -0.25) is 4.68 Å². The number of anilines is 1. The highest BCUT2D eigenvalue weighted by Gasteiger charge is 2.22. The fourth-order valence-corrected chi connectivity index (χ4v) is 2.26. The number of hydrogen-bond donors (Lipinski definition) is 1. The van der Waals surface area contributed by atoms with Crippen LogP contribution in [-0.4, -0.2) is 52.1 Å². The molecule has 18 heavy (non-hydrogen) atoms. The summed E-state index contributed by atoms with van der Waals surface area (Å²) in [6.07, 6.45) is 3.45. The molecule has 0 aromatic carbocycles. The molecule has 96 valence electrons. The van der Waals surface area contributed by atoms with Gasteiger partial charge in [0.1, 0.15) is 12.1 Å². The van der Waals surface area contributed by atoms with Crippen LogP contribution in [0.25, 0.3) is 11.0 Å². The van der Waals surface area contributed by atoms with Crippen molar-refractivity contribution in [1.29, 1.82) is 0 Å². The molecule has 2 aromatic rings. The molecule has 1 aliphatic heterocycles. The van der Waals surface area contributed by atoms with Gasteiger partial charge in [-0.05, 0) is 0 Å². The van der Waals surface area contributed by atoms with Crippen molar-refractivity contribution in [3.8, 4) is 0 Å². The predicted octanol–water partition coefficient (Wildman–Crippen LogP) is -0.473. The molecule has 1 aliphatic rings. The summed E-state index contributed by atoms with van der Waals surface area (Å²) in [5.74, 6) is 0.912. The quantitative estimate of drug-likeness (QED) is 0.773. The monoisotopic (exact) mass is 248 g/mol. The van der Waals surface area contributed by atoms with E-state index in [0.717, 1.165) is 29.9 Å². The SMILES string of the molecule is Cn1ncc2c(N3CCOC(CN)C3)ncnc21. The van der Waals surface area contributed by atoms with Crippen LogP contribution in [0.1, 0.15) is 0 Å². The Morgan fingerprint density at radius 3 is 3.22 bits per heavy atom. The number of aryl methyl sites for hydroxylation is 1. The summed E-state index contributed by atoms with van der Waals surface area (Å²) in [5, 5.41) is 5.19. The Hall–Kier alpha value is -1.73. The van der Waals surface area contributed by atoms with E-state index in [-0.39, 0.29) is 6.10 Å². The largest absolute Gasteiger partial charge is 0.373 e. The van der Waals surface area contributed by atoms with Gasteiger partial charge >= 0.3 is 0 Å². The van der Waals surface area contributed by atoms with E-state index in [9.17, 15) is 0 Å². The zero-order valence-electron chi connectivity index (χ0n) is 10.3.